The highest BCUT2D eigenvalue weighted by Gasteiger charge is 2.36. The van der Waals surface area contributed by atoms with E-state index < -0.39 is 6.10 Å². The molecule has 1 aliphatic rings. The van der Waals surface area contributed by atoms with Crippen LogP contribution in [0.3, 0.4) is 0 Å². The molecule has 2 N–H and O–H groups in total. The molecule has 0 fully saturated rings. The number of β-amino-alcohol motifs (C(OH)–C–C–N with tert-alkyl or cyclic N) is 1. The molecule has 3 rings (SSSR count). The third kappa shape index (κ3) is 4.24. The second-order valence-corrected chi connectivity index (χ2v) is 6.87. The van der Waals surface area contributed by atoms with Crippen LogP contribution in [0.1, 0.15) is 33.2 Å². The Hall–Kier alpha value is -2.54. The van der Waals surface area contributed by atoms with Gasteiger partial charge in [0.05, 0.1) is 30.4 Å². The Kier molecular flexibility index (Phi) is 6.01. The summed E-state index contributed by atoms with van der Waals surface area (Å²) in [5.74, 6) is -0.751. The van der Waals surface area contributed by atoms with Gasteiger partial charge >= 0.3 is 0 Å². The highest BCUT2D eigenvalue weighted by molar-refractivity contribution is 6.21. The van der Waals surface area contributed by atoms with Gasteiger partial charge in [-0.05, 0) is 24.6 Å². The van der Waals surface area contributed by atoms with Gasteiger partial charge in [0.2, 0.25) is 0 Å². The van der Waals surface area contributed by atoms with E-state index in [2.05, 4.69) is 0 Å². The van der Waals surface area contributed by atoms with E-state index in [1.54, 1.807) is 24.3 Å². The van der Waals surface area contributed by atoms with Crippen molar-refractivity contribution in [2.24, 2.45) is 0 Å². The number of hydrogen-bond donors (Lipinski definition) is 2. The fraction of sp³-hybridized carbons (Fsp3) is 0.333. The van der Waals surface area contributed by atoms with Crippen molar-refractivity contribution in [1.82, 2.24) is 9.80 Å². The molecule has 0 aliphatic carbocycles. The third-order valence-corrected chi connectivity index (χ3v) is 4.83. The summed E-state index contributed by atoms with van der Waals surface area (Å²) in [5, 5.41) is 20.1. The van der Waals surface area contributed by atoms with E-state index in [4.69, 9.17) is 0 Å². The number of amides is 2. The molecule has 0 bridgehead atoms. The lowest BCUT2D eigenvalue weighted by Gasteiger charge is -2.31. The number of nitrogens with zero attached hydrogens (tertiary/aromatic N) is 2. The number of benzene rings is 2. The first-order valence-corrected chi connectivity index (χ1v) is 9.03. The first-order valence-electron chi connectivity index (χ1n) is 9.03. The predicted molar refractivity (Wildman–Crippen MR) is 101 cm³/mol. The Balaban J connectivity index is 1.67. The van der Waals surface area contributed by atoms with Gasteiger partial charge in [-0.15, -0.1) is 0 Å². The number of imide groups is 1. The fourth-order valence-electron chi connectivity index (χ4n) is 3.28. The minimum absolute atomic E-state index is 0.0490. The summed E-state index contributed by atoms with van der Waals surface area (Å²) in [7, 11) is 0. The van der Waals surface area contributed by atoms with Gasteiger partial charge in [-0.3, -0.25) is 19.4 Å². The SMILES string of the molecule is CC(CO)N(Cc1ccccc1)CC(O)CN1C(=O)c2ccccc2C1=O. The van der Waals surface area contributed by atoms with Crippen LogP contribution in [0.5, 0.6) is 0 Å². The molecule has 0 saturated heterocycles. The van der Waals surface area contributed by atoms with E-state index in [9.17, 15) is 19.8 Å². The van der Waals surface area contributed by atoms with Crippen molar-refractivity contribution in [3.8, 4) is 0 Å². The molecule has 2 aromatic rings. The average Bonchev–Trinajstić information content (AvgIpc) is 2.93. The minimum Gasteiger partial charge on any atom is -0.395 e. The average molecular weight is 368 g/mol. The van der Waals surface area contributed by atoms with Crippen LogP contribution in [0, 0.1) is 0 Å². The number of carbonyl (C=O) groups is 2. The largest absolute Gasteiger partial charge is 0.395 e. The van der Waals surface area contributed by atoms with Gasteiger partial charge in [0.25, 0.3) is 11.8 Å². The molecule has 2 unspecified atom stereocenters. The van der Waals surface area contributed by atoms with Gasteiger partial charge in [0.15, 0.2) is 0 Å². The summed E-state index contributed by atoms with van der Waals surface area (Å²) in [6, 6.07) is 16.3. The summed E-state index contributed by atoms with van der Waals surface area (Å²) in [6.45, 7) is 2.55. The minimum atomic E-state index is -0.912. The Morgan fingerprint density at radius 1 is 0.963 bits per heavy atom. The lowest BCUT2D eigenvalue weighted by Crippen LogP contribution is -2.45. The molecule has 6 nitrogen and oxygen atoms in total. The number of fused-ring (bicyclic) bond motifs is 1. The summed E-state index contributed by atoms with van der Waals surface area (Å²) in [6.07, 6.45) is -0.912. The molecular formula is C21H24N2O4. The van der Waals surface area contributed by atoms with E-state index in [-0.39, 0.29) is 37.6 Å². The lowest BCUT2D eigenvalue weighted by atomic mass is 10.1. The van der Waals surface area contributed by atoms with Crippen LogP contribution in [-0.4, -0.2) is 63.7 Å². The van der Waals surface area contributed by atoms with E-state index in [0.717, 1.165) is 10.5 Å². The molecule has 0 saturated carbocycles. The molecule has 0 radical (unpaired) electrons. The second-order valence-electron chi connectivity index (χ2n) is 6.87. The number of aliphatic hydroxyl groups is 2. The van der Waals surface area contributed by atoms with Crippen molar-refractivity contribution in [3.63, 3.8) is 0 Å². The smallest absolute Gasteiger partial charge is 0.261 e. The number of aliphatic hydroxyl groups excluding tert-OH is 2. The summed E-state index contributed by atoms with van der Waals surface area (Å²) in [4.78, 5) is 27.9. The van der Waals surface area contributed by atoms with Crippen molar-refractivity contribution in [3.05, 3.63) is 71.3 Å². The van der Waals surface area contributed by atoms with Crippen molar-refractivity contribution >= 4 is 11.8 Å². The predicted octanol–water partition coefficient (Wildman–Crippen LogP) is 1.53. The molecule has 2 aromatic carbocycles. The molecule has 2 amide bonds. The Bertz CT molecular complexity index is 774. The summed E-state index contributed by atoms with van der Waals surface area (Å²) >= 11 is 0. The Labute approximate surface area is 158 Å². The molecule has 0 spiro atoms. The zero-order valence-electron chi connectivity index (χ0n) is 15.3. The molecule has 2 atom stereocenters. The summed E-state index contributed by atoms with van der Waals surface area (Å²) < 4.78 is 0. The maximum Gasteiger partial charge on any atom is 0.261 e. The first-order chi connectivity index (χ1) is 13.0. The van der Waals surface area contributed by atoms with Crippen LogP contribution in [0.2, 0.25) is 0 Å². The van der Waals surface area contributed by atoms with Crippen LogP contribution in [-0.2, 0) is 6.54 Å². The molecule has 27 heavy (non-hydrogen) atoms. The molecule has 142 valence electrons. The Morgan fingerprint density at radius 2 is 1.52 bits per heavy atom. The van der Waals surface area contributed by atoms with E-state index in [0.29, 0.717) is 17.7 Å². The van der Waals surface area contributed by atoms with Gasteiger partial charge in [0.1, 0.15) is 0 Å². The highest BCUT2D eigenvalue weighted by Crippen LogP contribution is 2.22. The first kappa shape index (κ1) is 19.2. The van der Waals surface area contributed by atoms with E-state index in [1.165, 1.54) is 0 Å². The van der Waals surface area contributed by atoms with Crippen LogP contribution in [0.4, 0.5) is 0 Å². The number of carbonyl (C=O) groups excluding carboxylic acids is 2. The highest BCUT2D eigenvalue weighted by atomic mass is 16.3. The molecule has 1 aliphatic heterocycles. The monoisotopic (exact) mass is 368 g/mol. The van der Waals surface area contributed by atoms with Gasteiger partial charge in [-0.1, -0.05) is 42.5 Å². The zero-order chi connectivity index (χ0) is 19.4. The molecule has 6 heteroatoms. The maximum atomic E-state index is 12.4. The van der Waals surface area contributed by atoms with Crippen LogP contribution >= 0.6 is 0 Å². The second kappa shape index (κ2) is 8.43. The van der Waals surface area contributed by atoms with Crippen LogP contribution in [0.15, 0.2) is 54.6 Å². The van der Waals surface area contributed by atoms with Crippen molar-refractivity contribution in [2.75, 3.05) is 19.7 Å². The molecule has 1 heterocycles. The molecular weight excluding hydrogens is 344 g/mol. The van der Waals surface area contributed by atoms with Crippen molar-refractivity contribution in [1.29, 1.82) is 0 Å². The van der Waals surface area contributed by atoms with Crippen LogP contribution < -0.4 is 0 Å². The van der Waals surface area contributed by atoms with Gasteiger partial charge in [-0.25, -0.2) is 0 Å². The zero-order valence-corrected chi connectivity index (χ0v) is 15.3. The standard InChI is InChI=1S/C21H24N2O4/c1-15(14-24)22(11-16-7-3-2-4-8-16)12-17(25)13-23-20(26)18-9-5-6-10-19(18)21(23)27/h2-10,15,17,24-25H,11-14H2,1H3. The Morgan fingerprint density at radius 3 is 2.07 bits per heavy atom. The maximum absolute atomic E-state index is 12.4. The van der Waals surface area contributed by atoms with Crippen molar-refractivity contribution < 1.29 is 19.8 Å². The van der Waals surface area contributed by atoms with Gasteiger partial charge in [0, 0.05) is 19.1 Å². The van der Waals surface area contributed by atoms with E-state index in [1.807, 2.05) is 42.2 Å². The third-order valence-electron chi connectivity index (χ3n) is 4.83. The molecule has 0 aromatic heterocycles. The van der Waals surface area contributed by atoms with E-state index >= 15 is 0 Å². The number of rotatable bonds is 8. The van der Waals surface area contributed by atoms with Gasteiger partial charge < -0.3 is 10.2 Å². The lowest BCUT2D eigenvalue weighted by molar-refractivity contribution is 0.0356. The van der Waals surface area contributed by atoms with Crippen molar-refractivity contribution in [2.45, 2.75) is 25.6 Å². The normalized spacial score (nSPS) is 15.9. The summed E-state index contributed by atoms with van der Waals surface area (Å²) in [5.41, 5.74) is 1.81. The van der Waals surface area contributed by atoms with Gasteiger partial charge in [-0.2, -0.15) is 0 Å². The topological polar surface area (TPSA) is 81.1 Å². The quantitative estimate of drug-likeness (QED) is 0.691. The fourth-order valence-corrected chi connectivity index (χ4v) is 3.28. The number of hydrogen-bond acceptors (Lipinski definition) is 5. The van der Waals surface area contributed by atoms with Crippen LogP contribution in [0.25, 0.3) is 0 Å².